The third-order valence-electron chi connectivity index (χ3n) is 6.12. The molecule has 0 unspecified atom stereocenters. The molecule has 0 bridgehead atoms. The van der Waals surface area contributed by atoms with Gasteiger partial charge in [0.15, 0.2) is 0 Å². The fraction of sp³-hybridized carbons (Fsp3) is 0.296. The van der Waals surface area contributed by atoms with Gasteiger partial charge in [-0.3, -0.25) is 9.69 Å². The van der Waals surface area contributed by atoms with Gasteiger partial charge in [0.2, 0.25) is 5.91 Å². The number of hydrogen-bond donors (Lipinski definition) is 1. The molecule has 0 aromatic heterocycles. The molecule has 3 aromatic rings. The molecule has 0 saturated carbocycles. The summed E-state index contributed by atoms with van der Waals surface area (Å²) in [6, 6.07) is 23.2. The lowest BCUT2D eigenvalue weighted by atomic mass is 9.98. The van der Waals surface area contributed by atoms with Crippen molar-refractivity contribution in [2.24, 2.45) is 0 Å². The molecular formula is C27H30ClN3O3. The van der Waals surface area contributed by atoms with E-state index in [9.17, 15) is 4.79 Å². The van der Waals surface area contributed by atoms with Crippen LogP contribution in [0.4, 0.5) is 5.69 Å². The molecule has 1 amide bonds. The Labute approximate surface area is 206 Å². The van der Waals surface area contributed by atoms with Gasteiger partial charge < -0.3 is 19.7 Å². The van der Waals surface area contributed by atoms with E-state index in [-0.39, 0.29) is 11.9 Å². The van der Waals surface area contributed by atoms with Crippen LogP contribution >= 0.6 is 11.6 Å². The van der Waals surface area contributed by atoms with Crippen LogP contribution in [0.1, 0.15) is 17.2 Å². The average Bonchev–Trinajstić information content (AvgIpc) is 2.88. The second kappa shape index (κ2) is 11.3. The zero-order chi connectivity index (χ0) is 23.9. The van der Waals surface area contributed by atoms with Gasteiger partial charge in [0.05, 0.1) is 26.8 Å². The molecule has 1 aliphatic rings. The van der Waals surface area contributed by atoms with Crippen molar-refractivity contribution in [3.8, 4) is 11.5 Å². The fourth-order valence-corrected chi connectivity index (χ4v) is 4.38. The summed E-state index contributed by atoms with van der Waals surface area (Å²) >= 11 is 6.14. The molecule has 7 heteroatoms. The van der Waals surface area contributed by atoms with Crippen molar-refractivity contribution < 1.29 is 14.3 Å². The summed E-state index contributed by atoms with van der Waals surface area (Å²) in [6.45, 7) is 3.69. The van der Waals surface area contributed by atoms with Crippen LogP contribution in [0.3, 0.4) is 0 Å². The van der Waals surface area contributed by atoms with Crippen LogP contribution < -0.4 is 19.7 Å². The maximum absolute atomic E-state index is 13.1. The number of rotatable bonds is 8. The van der Waals surface area contributed by atoms with Crippen molar-refractivity contribution in [2.75, 3.05) is 51.8 Å². The molecule has 3 aromatic carbocycles. The van der Waals surface area contributed by atoms with Crippen molar-refractivity contribution in [1.29, 1.82) is 0 Å². The smallest absolute Gasteiger partial charge is 0.234 e. The van der Waals surface area contributed by atoms with Gasteiger partial charge in [-0.2, -0.15) is 0 Å². The number of piperazine rings is 1. The van der Waals surface area contributed by atoms with E-state index in [1.165, 1.54) is 0 Å². The fourth-order valence-electron chi connectivity index (χ4n) is 4.20. The zero-order valence-corrected chi connectivity index (χ0v) is 20.3. The summed E-state index contributed by atoms with van der Waals surface area (Å²) in [5, 5.41) is 3.97. The molecule has 1 aliphatic heterocycles. The lowest BCUT2D eigenvalue weighted by molar-refractivity contribution is -0.122. The maximum Gasteiger partial charge on any atom is 0.234 e. The van der Waals surface area contributed by atoms with Crippen LogP contribution in [-0.4, -0.2) is 57.8 Å². The molecule has 1 saturated heterocycles. The summed E-state index contributed by atoms with van der Waals surface area (Å²) in [6.07, 6.45) is 0. The van der Waals surface area contributed by atoms with Crippen molar-refractivity contribution in [1.82, 2.24) is 10.2 Å². The molecule has 178 valence electrons. The highest BCUT2D eigenvalue weighted by molar-refractivity contribution is 6.30. The van der Waals surface area contributed by atoms with Gasteiger partial charge in [0.1, 0.15) is 11.5 Å². The van der Waals surface area contributed by atoms with E-state index >= 15 is 0 Å². The highest BCUT2D eigenvalue weighted by Gasteiger charge is 2.22. The molecule has 1 N–H and O–H groups in total. The maximum atomic E-state index is 13.1. The quantitative estimate of drug-likeness (QED) is 0.519. The molecule has 4 rings (SSSR count). The Kier molecular flexibility index (Phi) is 7.93. The SMILES string of the molecule is COc1ccc(C(NC(=O)CN2CCN(c3cccc(Cl)c3)CC2)c2ccc(OC)cc2)cc1. The van der Waals surface area contributed by atoms with E-state index in [1.54, 1.807) is 14.2 Å². The van der Waals surface area contributed by atoms with Crippen LogP contribution in [0.5, 0.6) is 11.5 Å². The second-order valence-corrected chi connectivity index (χ2v) is 8.73. The number of anilines is 1. The number of amides is 1. The largest absolute Gasteiger partial charge is 0.497 e. The minimum absolute atomic E-state index is 0.00663. The van der Waals surface area contributed by atoms with Gasteiger partial charge in [-0.25, -0.2) is 0 Å². The Morgan fingerprint density at radius 3 is 1.94 bits per heavy atom. The molecule has 6 nitrogen and oxygen atoms in total. The Morgan fingerprint density at radius 2 is 1.44 bits per heavy atom. The molecule has 0 aliphatic carbocycles. The Bertz CT molecular complexity index is 1030. The standard InChI is InChI=1S/C27H30ClN3O3/c1-33-24-10-6-20(7-11-24)27(21-8-12-25(34-2)13-9-21)29-26(32)19-30-14-16-31(17-15-30)23-5-3-4-22(28)18-23/h3-13,18,27H,14-17,19H2,1-2H3,(H,29,32). The molecule has 0 radical (unpaired) electrons. The number of halogens is 1. The van der Waals surface area contributed by atoms with Gasteiger partial charge in [-0.05, 0) is 53.6 Å². The minimum Gasteiger partial charge on any atom is -0.497 e. The van der Waals surface area contributed by atoms with Crippen molar-refractivity contribution in [3.05, 3.63) is 88.9 Å². The van der Waals surface area contributed by atoms with E-state index in [2.05, 4.69) is 21.2 Å². The normalized spacial score (nSPS) is 14.2. The lowest BCUT2D eigenvalue weighted by Crippen LogP contribution is -2.49. The summed E-state index contributed by atoms with van der Waals surface area (Å²) in [5.41, 5.74) is 3.10. The number of hydrogen-bond acceptors (Lipinski definition) is 5. The Hall–Kier alpha value is -3.22. The first kappa shape index (κ1) is 23.9. The second-order valence-electron chi connectivity index (χ2n) is 8.29. The van der Waals surface area contributed by atoms with Gasteiger partial charge in [0.25, 0.3) is 0 Å². The molecule has 1 fully saturated rings. The van der Waals surface area contributed by atoms with E-state index in [0.29, 0.717) is 6.54 Å². The summed E-state index contributed by atoms with van der Waals surface area (Å²) in [4.78, 5) is 17.6. The van der Waals surface area contributed by atoms with Gasteiger partial charge in [0, 0.05) is 36.9 Å². The number of methoxy groups -OCH3 is 2. The average molecular weight is 480 g/mol. The van der Waals surface area contributed by atoms with Crippen molar-refractivity contribution in [2.45, 2.75) is 6.04 Å². The molecule has 1 heterocycles. The van der Waals surface area contributed by atoms with Crippen molar-refractivity contribution in [3.63, 3.8) is 0 Å². The van der Waals surface area contributed by atoms with Crippen molar-refractivity contribution >= 4 is 23.2 Å². The third-order valence-corrected chi connectivity index (χ3v) is 6.35. The topological polar surface area (TPSA) is 54.0 Å². The molecule has 0 atom stereocenters. The number of carbonyl (C=O) groups excluding carboxylic acids is 1. The summed E-state index contributed by atoms with van der Waals surface area (Å²) in [5.74, 6) is 1.55. The molecule has 34 heavy (non-hydrogen) atoms. The lowest BCUT2D eigenvalue weighted by Gasteiger charge is -2.36. The first-order chi connectivity index (χ1) is 16.6. The van der Waals surface area contributed by atoms with Crippen LogP contribution in [0.15, 0.2) is 72.8 Å². The van der Waals surface area contributed by atoms with Gasteiger partial charge in [-0.15, -0.1) is 0 Å². The Balaban J connectivity index is 1.41. The monoisotopic (exact) mass is 479 g/mol. The van der Waals surface area contributed by atoms with Gasteiger partial charge >= 0.3 is 0 Å². The third kappa shape index (κ3) is 6.01. The molecule has 0 spiro atoms. The Morgan fingerprint density at radius 1 is 0.882 bits per heavy atom. The number of nitrogens with zero attached hydrogens (tertiary/aromatic N) is 2. The predicted octanol–water partition coefficient (Wildman–Crippen LogP) is 4.39. The van der Waals surface area contributed by atoms with E-state index in [0.717, 1.165) is 59.5 Å². The predicted molar refractivity (Wildman–Crippen MR) is 136 cm³/mol. The first-order valence-electron chi connectivity index (χ1n) is 11.4. The number of carbonyl (C=O) groups is 1. The van der Waals surface area contributed by atoms with Crippen LogP contribution in [0, 0.1) is 0 Å². The number of ether oxygens (including phenoxy) is 2. The zero-order valence-electron chi connectivity index (χ0n) is 19.5. The highest BCUT2D eigenvalue weighted by atomic mass is 35.5. The van der Waals surface area contributed by atoms with Crippen LogP contribution in [-0.2, 0) is 4.79 Å². The van der Waals surface area contributed by atoms with E-state index in [1.807, 2.05) is 66.7 Å². The van der Waals surface area contributed by atoms with Crippen LogP contribution in [0.25, 0.3) is 0 Å². The minimum atomic E-state index is -0.267. The summed E-state index contributed by atoms with van der Waals surface area (Å²) in [7, 11) is 3.29. The number of benzene rings is 3. The number of nitrogens with one attached hydrogen (secondary N) is 1. The summed E-state index contributed by atoms with van der Waals surface area (Å²) < 4.78 is 10.6. The van der Waals surface area contributed by atoms with E-state index in [4.69, 9.17) is 21.1 Å². The first-order valence-corrected chi connectivity index (χ1v) is 11.7. The molecular weight excluding hydrogens is 450 g/mol. The van der Waals surface area contributed by atoms with E-state index < -0.39 is 0 Å². The highest BCUT2D eigenvalue weighted by Crippen LogP contribution is 2.26. The van der Waals surface area contributed by atoms with Gasteiger partial charge in [-0.1, -0.05) is 41.9 Å². The van der Waals surface area contributed by atoms with Crippen LogP contribution in [0.2, 0.25) is 5.02 Å².